The van der Waals surface area contributed by atoms with Gasteiger partial charge in [-0.05, 0) is 13.8 Å². The van der Waals surface area contributed by atoms with E-state index in [9.17, 15) is 14.4 Å². The molecule has 8 heteroatoms. The molecular weight excluding hydrogens is 302 g/mol. The first kappa shape index (κ1) is 18.4. The predicted octanol–water partition coefficient (Wildman–Crippen LogP) is 1.28. The Morgan fingerprint density at radius 1 is 1.43 bits per heavy atom. The largest absolute Gasteiger partial charge is 0.466 e. The van der Waals surface area contributed by atoms with Crippen LogP contribution < -0.4 is 5.32 Å². The second kappa shape index (κ2) is 9.39. The summed E-state index contributed by atoms with van der Waals surface area (Å²) in [6.07, 6.45) is 1.46. The standard InChI is InChI=1S/C15H21N3O5/c1-4-8-18(14(20)6-7-15(21)22-5-2)10-13(19)16-12-9-11(3)23-17-12/h4,9H,1,5-8,10H2,2-3H3,(H,16,17,19). The molecule has 8 nitrogen and oxygen atoms in total. The Labute approximate surface area is 134 Å². The van der Waals surface area contributed by atoms with E-state index < -0.39 is 11.9 Å². The van der Waals surface area contributed by atoms with Gasteiger partial charge in [-0.2, -0.15) is 0 Å². The van der Waals surface area contributed by atoms with Gasteiger partial charge in [-0.3, -0.25) is 14.4 Å². The Bertz CT molecular complexity index is 567. The van der Waals surface area contributed by atoms with Crippen LogP contribution in [-0.2, 0) is 19.1 Å². The average molecular weight is 323 g/mol. The maximum atomic E-state index is 12.1. The van der Waals surface area contributed by atoms with Crippen LogP contribution in [0.4, 0.5) is 5.82 Å². The number of nitrogens with one attached hydrogen (secondary N) is 1. The molecular formula is C15H21N3O5. The number of anilines is 1. The molecule has 2 amide bonds. The number of amides is 2. The maximum absolute atomic E-state index is 12.1. The molecule has 0 radical (unpaired) electrons. The molecule has 23 heavy (non-hydrogen) atoms. The molecule has 0 bridgehead atoms. The van der Waals surface area contributed by atoms with Crippen molar-refractivity contribution in [1.29, 1.82) is 0 Å². The predicted molar refractivity (Wildman–Crippen MR) is 82.5 cm³/mol. The van der Waals surface area contributed by atoms with Crippen molar-refractivity contribution in [2.24, 2.45) is 0 Å². The zero-order valence-corrected chi connectivity index (χ0v) is 13.3. The van der Waals surface area contributed by atoms with Crippen LogP contribution in [0.15, 0.2) is 23.2 Å². The number of carbonyl (C=O) groups is 3. The molecule has 1 aromatic heterocycles. The minimum Gasteiger partial charge on any atom is -0.466 e. The van der Waals surface area contributed by atoms with Crippen molar-refractivity contribution in [3.8, 4) is 0 Å². The van der Waals surface area contributed by atoms with Crippen LogP contribution in [0.1, 0.15) is 25.5 Å². The van der Waals surface area contributed by atoms with Crippen LogP contribution in [0.2, 0.25) is 0 Å². The van der Waals surface area contributed by atoms with Gasteiger partial charge in [-0.15, -0.1) is 6.58 Å². The summed E-state index contributed by atoms with van der Waals surface area (Å²) in [4.78, 5) is 36.6. The van der Waals surface area contributed by atoms with E-state index in [1.54, 1.807) is 19.9 Å². The van der Waals surface area contributed by atoms with Gasteiger partial charge >= 0.3 is 5.97 Å². The normalized spacial score (nSPS) is 10.0. The molecule has 0 saturated carbocycles. The van der Waals surface area contributed by atoms with Crippen LogP contribution in [-0.4, -0.2) is 47.5 Å². The quantitative estimate of drug-likeness (QED) is 0.542. The highest BCUT2D eigenvalue weighted by atomic mass is 16.5. The summed E-state index contributed by atoms with van der Waals surface area (Å²) >= 11 is 0. The molecule has 0 saturated heterocycles. The Morgan fingerprint density at radius 3 is 2.74 bits per heavy atom. The Kier molecular flexibility index (Phi) is 7.52. The molecule has 0 fully saturated rings. The summed E-state index contributed by atoms with van der Waals surface area (Å²) in [6, 6.07) is 1.57. The van der Waals surface area contributed by atoms with E-state index in [-0.39, 0.29) is 44.3 Å². The number of hydrogen-bond acceptors (Lipinski definition) is 6. The molecule has 126 valence electrons. The van der Waals surface area contributed by atoms with Gasteiger partial charge in [0.1, 0.15) is 12.3 Å². The fraction of sp³-hybridized carbons (Fsp3) is 0.467. The number of ether oxygens (including phenoxy) is 1. The van der Waals surface area contributed by atoms with Crippen LogP contribution in [0.5, 0.6) is 0 Å². The number of aromatic nitrogens is 1. The van der Waals surface area contributed by atoms with Crippen molar-refractivity contribution >= 4 is 23.6 Å². The molecule has 0 spiro atoms. The number of carbonyl (C=O) groups excluding carboxylic acids is 3. The van der Waals surface area contributed by atoms with Crippen molar-refractivity contribution in [3.63, 3.8) is 0 Å². The van der Waals surface area contributed by atoms with Gasteiger partial charge in [-0.1, -0.05) is 11.2 Å². The van der Waals surface area contributed by atoms with Gasteiger partial charge in [-0.25, -0.2) is 0 Å². The lowest BCUT2D eigenvalue weighted by atomic mass is 10.2. The topological polar surface area (TPSA) is 102 Å². The monoisotopic (exact) mass is 323 g/mol. The van der Waals surface area contributed by atoms with Crippen LogP contribution in [0, 0.1) is 6.92 Å². The lowest BCUT2D eigenvalue weighted by Gasteiger charge is -2.20. The Hall–Kier alpha value is -2.64. The summed E-state index contributed by atoms with van der Waals surface area (Å²) < 4.78 is 9.61. The van der Waals surface area contributed by atoms with Gasteiger partial charge in [0, 0.05) is 19.0 Å². The van der Waals surface area contributed by atoms with Crippen molar-refractivity contribution < 1.29 is 23.6 Å². The summed E-state index contributed by atoms with van der Waals surface area (Å²) in [5, 5.41) is 6.17. The first-order valence-electron chi connectivity index (χ1n) is 7.23. The highest BCUT2D eigenvalue weighted by molar-refractivity contribution is 5.94. The van der Waals surface area contributed by atoms with Crippen LogP contribution in [0.25, 0.3) is 0 Å². The van der Waals surface area contributed by atoms with Crippen LogP contribution >= 0.6 is 0 Å². The van der Waals surface area contributed by atoms with Gasteiger partial charge in [0.05, 0.1) is 13.0 Å². The molecule has 0 aliphatic carbocycles. The minimum atomic E-state index is -0.443. The second-order valence-corrected chi connectivity index (χ2v) is 4.74. The number of esters is 1. The van der Waals surface area contributed by atoms with E-state index in [0.29, 0.717) is 5.76 Å². The van der Waals surface area contributed by atoms with Crippen molar-refractivity contribution in [1.82, 2.24) is 10.1 Å². The third-order valence-corrected chi connectivity index (χ3v) is 2.78. The first-order chi connectivity index (χ1) is 11.0. The third kappa shape index (κ3) is 6.77. The molecule has 1 N–H and O–H groups in total. The van der Waals surface area contributed by atoms with E-state index in [1.807, 2.05) is 0 Å². The van der Waals surface area contributed by atoms with Gasteiger partial charge in [0.25, 0.3) is 0 Å². The molecule has 1 rings (SSSR count). The molecule has 0 atom stereocenters. The zero-order valence-electron chi connectivity index (χ0n) is 13.3. The number of hydrogen-bond donors (Lipinski definition) is 1. The van der Waals surface area contributed by atoms with Crippen molar-refractivity contribution in [2.45, 2.75) is 26.7 Å². The van der Waals surface area contributed by atoms with Gasteiger partial charge in [0.2, 0.25) is 11.8 Å². The molecule has 0 aromatic carbocycles. The van der Waals surface area contributed by atoms with E-state index in [2.05, 4.69) is 17.1 Å². The first-order valence-corrected chi connectivity index (χ1v) is 7.23. The lowest BCUT2D eigenvalue weighted by Crippen LogP contribution is -2.38. The summed E-state index contributed by atoms with van der Waals surface area (Å²) in [5.41, 5.74) is 0. The smallest absolute Gasteiger partial charge is 0.306 e. The van der Waals surface area contributed by atoms with E-state index in [4.69, 9.17) is 9.26 Å². The van der Waals surface area contributed by atoms with E-state index >= 15 is 0 Å². The average Bonchev–Trinajstić information content (AvgIpc) is 2.89. The fourth-order valence-corrected chi connectivity index (χ4v) is 1.79. The lowest BCUT2D eigenvalue weighted by molar-refractivity contribution is -0.145. The fourth-order valence-electron chi connectivity index (χ4n) is 1.79. The van der Waals surface area contributed by atoms with E-state index in [0.717, 1.165) is 0 Å². The van der Waals surface area contributed by atoms with Crippen LogP contribution in [0.3, 0.4) is 0 Å². The molecule has 1 heterocycles. The highest BCUT2D eigenvalue weighted by Gasteiger charge is 2.18. The number of rotatable bonds is 9. The molecule has 1 aromatic rings. The van der Waals surface area contributed by atoms with Crippen molar-refractivity contribution in [3.05, 3.63) is 24.5 Å². The third-order valence-electron chi connectivity index (χ3n) is 2.78. The molecule has 0 aliphatic heterocycles. The van der Waals surface area contributed by atoms with Crippen molar-refractivity contribution in [2.75, 3.05) is 25.0 Å². The summed E-state index contributed by atoms with van der Waals surface area (Å²) in [7, 11) is 0. The second-order valence-electron chi connectivity index (χ2n) is 4.74. The summed E-state index contributed by atoms with van der Waals surface area (Å²) in [6.45, 7) is 7.25. The molecule has 0 unspecified atom stereocenters. The van der Waals surface area contributed by atoms with Gasteiger partial charge in [0.15, 0.2) is 5.82 Å². The number of aryl methyl sites for hydroxylation is 1. The minimum absolute atomic E-state index is 0.0234. The maximum Gasteiger partial charge on any atom is 0.306 e. The highest BCUT2D eigenvalue weighted by Crippen LogP contribution is 2.07. The zero-order chi connectivity index (χ0) is 17.2. The SMILES string of the molecule is C=CCN(CC(=O)Nc1cc(C)on1)C(=O)CCC(=O)OCC. The number of nitrogens with zero attached hydrogens (tertiary/aromatic N) is 2. The Balaban J connectivity index is 2.52. The van der Waals surface area contributed by atoms with E-state index in [1.165, 1.54) is 11.0 Å². The molecule has 0 aliphatic rings. The Morgan fingerprint density at radius 2 is 2.17 bits per heavy atom. The van der Waals surface area contributed by atoms with Gasteiger partial charge < -0.3 is 19.5 Å². The summed E-state index contributed by atoms with van der Waals surface area (Å²) in [5.74, 6) is -0.338.